The molecule has 0 spiro atoms. The molecule has 0 radical (unpaired) electrons. The van der Waals surface area contributed by atoms with Crippen molar-refractivity contribution < 1.29 is 13.2 Å². The Morgan fingerprint density at radius 2 is 1.70 bits per heavy atom. The number of aryl methyl sites for hydroxylation is 3. The van der Waals surface area contributed by atoms with Gasteiger partial charge in [0.25, 0.3) is 0 Å². The van der Waals surface area contributed by atoms with Gasteiger partial charge in [-0.1, -0.05) is 23.8 Å². The van der Waals surface area contributed by atoms with Gasteiger partial charge in [0.1, 0.15) is 0 Å². The van der Waals surface area contributed by atoms with Crippen LogP contribution in [-0.4, -0.2) is 49.7 Å². The smallest absolute Gasteiger partial charge is 0.246 e. The number of thiophene rings is 1. The minimum atomic E-state index is -3.56. The van der Waals surface area contributed by atoms with Gasteiger partial charge in [-0.2, -0.15) is 4.31 Å². The van der Waals surface area contributed by atoms with Crippen molar-refractivity contribution in [2.24, 2.45) is 0 Å². The molecular weight excluding hydrogens is 380 g/mol. The first-order valence-corrected chi connectivity index (χ1v) is 11.2. The van der Waals surface area contributed by atoms with Crippen molar-refractivity contribution >= 4 is 33.3 Å². The van der Waals surface area contributed by atoms with E-state index < -0.39 is 10.0 Å². The third-order valence-corrected chi connectivity index (χ3v) is 7.73. The van der Waals surface area contributed by atoms with E-state index in [0.29, 0.717) is 31.1 Å². The molecule has 7 heteroatoms. The number of benzene rings is 1. The molecular formula is C20H24N2O3S2. The molecule has 1 fully saturated rings. The Morgan fingerprint density at radius 1 is 1.07 bits per heavy atom. The van der Waals surface area contributed by atoms with Crippen LogP contribution in [0.25, 0.3) is 6.08 Å². The van der Waals surface area contributed by atoms with E-state index in [1.165, 1.54) is 4.31 Å². The van der Waals surface area contributed by atoms with Gasteiger partial charge in [0, 0.05) is 37.1 Å². The van der Waals surface area contributed by atoms with Gasteiger partial charge >= 0.3 is 0 Å². The van der Waals surface area contributed by atoms with Gasteiger partial charge in [0.2, 0.25) is 15.9 Å². The summed E-state index contributed by atoms with van der Waals surface area (Å²) in [6.45, 7) is 7.06. The molecule has 0 aliphatic carbocycles. The second-order valence-electron chi connectivity index (χ2n) is 6.81. The standard InChI is InChI=1S/C20H24N2O3S2/c1-15-13-16(2)20(17(3)14-15)27(24,25)22-10-8-21(9-11-22)19(23)7-6-18-5-4-12-26-18/h4-7,12-14H,8-11H2,1-3H3/b7-6+. The molecule has 2 heterocycles. The van der Waals surface area contributed by atoms with E-state index in [-0.39, 0.29) is 5.91 Å². The Balaban J connectivity index is 1.69. The lowest BCUT2D eigenvalue weighted by atomic mass is 10.1. The maximum atomic E-state index is 13.1. The van der Waals surface area contributed by atoms with Crippen LogP contribution in [0.1, 0.15) is 21.6 Å². The Bertz CT molecular complexity index is 932. The summed E-state index contributed by atoms with van der Waals surface area (Å²) in [5.41, 5.74) is 2.59. The number of carbonyl (C=O) groups excluding carboxylic acids is 1. The quantitative estimate of drug-likeness (QED) is 0.735. The fourth-order valence-electron chi connectivity index (χ4n) is 3.50. The molecule has 1 aliphatic heterocycles. The maximum absolute atomic E-state index is 13.1. The van der Waals surface area contributed by atoms with E-state index in [0.717, 1.165) is 21.6 Å². The van der Waals surface area contributed by atoms with Crippen molar-refractivity contribution in [3.05, 3.63) is 57.3 Å². The van der Waals surface area contributed by atoms with E-state index in [9.17, 15) is 13.2 Å². The minimum Gasteiger partial charge on any atom is -0.337 e. The van der Waals surface area contributed by atoms with Crippen LogP contribution < -0.4 is 0 Å². The molecule has 3 rings (SSSR count). The van der Waals surface area contributed by atoms with E-state index >= 15 is 0 Å². The van der Waals surface area contributed by atoms with Crippen molar-refractivity contribution in [1.29, 1.82) is 0 Å². The largest absolute Gasteiger partial charge is 0.337 e. The highest BCUT2D eigenvalue weighted by Crippen LogP contribution is 2.26. The molecule has 144 valence electrons. The summed E-state index contributed by atoms with van der Waals surface area (Å²) in [5, 5.41) is 1.96. The molecule has 0 atom stereocenters. The third kappa shape index (κ3) is 4.31. The summed E-state index contributed by atoms with van der Waals surface area (Å²) in [7, 11) is -3.56. The summed E-state index contributed by atoms with van der Waals surface area (Å²) in [6.07, 6.45) is 3.36. The van der Waals surface area contributed by atoms with Crippen LogP contribution in [-0.2, 0) is 14.8 Å². The molecule has 1 amide bonds. The monoisotopic (exact) mass is 404 g/mol. The maximum Gasteiger partial charge on any atom is 0.246 e. The molecule has 1 aromatic heterocycles. The first-order chi connectivity index (χ1) is 12.8. The number of rotatable bonds is 4. The van der Waals surface area contributed by atoms with Gasteiger partial charge in [-0.25, -0.2) is 8.42 Å². The number of amides is 1. The molecule has 5 nitrogen and oxygen atoms in total. The van der Waals surface area contributed by atoms with Crippen LogP contribution in [0.2, 0.25) is 0 Å². The Morgan fingerprint density at radius 3 is 2.26 bits per heavy atom. The molecule has 0 N–H and O–H groups in total. The molecule has 1 aliphatic rings. The number of piperazine rings is 1. The Kier molecular flexibility index (Phi) is 5.83. The lowest BCUT2D eigenvalue weighted by Gasteiger charge is -2.34. The van der Waals surface area contributed by atoms with Crippen molar-refractivity contribution in [3.8, 4) is 0 Å². The Labute approximate surface area is 165 Å². The number of carbonyl (C=O) groups is 1. The van der Waals surface area contributed by atoms with Gasteiger partial charge in [0.15, 0.2) is 0 Å². The molecule has 0 bridgehead atoms. The average Bonchev–Trinajstić information content (AvgIpc) is 3.12. The highest BCUT2D eigenvalue weighted by Gasteiger charge is 2.31. The third-order valence-electron chi connectivity index (χ3n) is 4.69. The summed E-state index contributed by atoms with van der Waals surface area (Å²) in [6, 6.07) is 7.68. The predicted octanol–water partition coefficient (Wildman–Crippen LogP) is 3.22. The predicted molar refractivity (Wildman–Crippen MR) is 109 cm³/mol. The van der Waals surface area contributed by atoms with E-state index in [2.05, 4.69) is 0 Å². The SMILES string of the molecule is Cc1cc(C)c(S(=O)(=O)N2CCN(C(=O)/C=C/c3cccs3)CC2)c(C)c1. The first-order valence-electron chi connectivity index (χ1n) is 8.87. The molecule has 0 unspecified atom stereocenters. The van der Waals surface area contributed by atoms with Crippen molar-refractivity contribution in [3.63, 3.8) is 0 Å². The second kappa shape index (κ2) is 7.96. The second-order valence-corrected chi connectivity index (χ2v) is 9.66. The zero-order valence-corrected chi connectivity index (χ0v) is 17.4. The highest BCUT2D eigenvalue weighted by atomic mass is 32.2. The highest BCUT2D eigenvalue weighted by molar-refractivity contribution is 7.89. The average molecular weight is 405 g/mol. The topological polar surface area (TPSA) is 57.7 Å². The normalized spacial score (nSPS) is 16.2. The first kappa shape index (κ1) is 19.8. The van der Waals surface area contributed by atoms with Gasteiger partial charge in [0.05, 0.1) is 4.90 Å². The van der Waals surface area contributed by atoms with Gasteiger partial charge in [-0.3, -0.25) is 4.79 Å². The van der Waals surface area contributed by atoms with Gasteiger partial charge in [-0.15, -0.1) is 11.3 Å². The van der Waals surface area contributed by atoms with E-state index in [1.54, 1.807) is 28.4 Å². The lowest BCUT2D eigenvalue weighted by molar-refractivity contribution is -0.127. The number of sulfonamides is 1. The summed E-state index contributed by atoms with van der Waals surface area (Å²) in [5.74, 6) is -0.0804. The van der Waals surface area contributed by atoms with Crippen molar-refractivity contribution in [1.82, 2.24) is 9.21 Å². The van der Waals surface area contributed by atoms with Crippen molar-refractivity contribution in [2.75, 3.05) is 26.2 Å². The van der Waals surface area contributed by atoms with E-state index in [1.807, 2.05) is 50.4 Å². The molecule has 27 heavy (non-hydrogen) atoms. The summed E-state index contributed by atoms with van der Waals surface area (Å²) in [4.78, 5) is 15.5. The fraction of sp³-hybridized carbons (Fsp3) is 0.350. The van der Waals surface area contributed by atoms with Gasteiger partial charge in [-0.05, 0) is 49.4 Å². The van der Waals surface area contributed by atoms with Crippen LogP contribution in [0.15, 0.2) is 40.6 Å². The van der Waals surface area contributed by atoms with E-state index in [4.69, 9.17) is 0 Å². The van der Waals surface area contributed by atoms with Crippen LogP contribution in [0.5, 0.6) is 0 Å². The zero-order chi connectivity index (χ0) is 19.6. The van der Waals surface area contributed by atoms with Crippen LogP contribution in [0.3, 0.4) is 0 Å². The molecule has 1 saturated heterocycles. The fourth-order valence-corrected chi connectivity index (χ4v) is 5.95. The summed E-state index contributed by atoms with van der Waals surface area (Å²) >= 11 is 1.57. The summed E-state index contributed by atoms with van der Waals surface area (Å²) < 4.78 is 27.7. The molecule has 0 saturated carbocycles. The van der Waals surface area contributed by atoms with Crippen molar-refractivity contribution in [2.45, 2.75) is 25.7 Å². The lowest BCUT2D eigenvalue weighted by Crippen LogP contribution is -2.50. The molecule has 1 aromatic carbocycles. The number of hydrogen-bond acceptors (Lipinski definition) is 4. The zero-order valence-electron chi connectivity index (χ0n) is 15.8. The van der Waals surface area contributed by atoms with Crippen LogP contribution in [0, 0.1) is 20.8 Å². The minimum absolute atomic E-state index is 0.0804. The number of nitrogens with zero attached hydrogens (tertiary/aromatic N) is 2. The van der Waals surface area contributed by atoms with Crippen LogP contribution in [0.4, 0.5) is 0 Å². The number of hydrogen-bond donors (Lipinski definition) is 0. The van der Waals surface area contributed by atoms with Crippen LogP contribution >= 0.6 is 11.3 Å². The molecule has 2 aromatic rings. The Hall–Kier alpha value is -1.96. The van der Waals surface area contributed by atoms with Gasteiger partial charge < -0.3 is 4.90 Å².